The summed E-state index contributed by atoms with van der Waals surface area (Å²) < 4.78 is 7.56. The van der Waals surface area contributed by atoms with E-state index in [0.717, 1.165) is 19.4 Å². The number of hydrogen-bond acceptors (Lipinski definition) is 4. The van der Waals surface area contributed by atoms with Gasteiger partial charge in [-0.15, -0.1) is 0 Å². The van der Waals surface area contributed by atoms with E-state index in [9.17, 15) is 4.79 Å². The van der Waals surface area contributed by atoms with E-state index in [4.69, 9.17) is 17.0 Å². The molecular formula is C12H14N4O2S. The minimum atomic E-state index is -0.0873. The van der Waals surface area contributed by atoms with Crippen molar-refractivity contribution < 1.29 is 4.74 Å². The number of aromatic nitrogens is 4. The predicted molar refractivity (Wildman–Crippen MR) is 72.4 cm³/mol. The molecule has 7 heteroatoms. The molecule has 1 saturated heterocycles. The van der Waals surface area contributed by atoms with Gasteiger partial charge in [0.25, 0.3) is 5.56 Å². The molecule has 1 fully saturated rings. The molecule has 1 aliphatic heterocycles. The Morgan fingerprint density at radius 1 is 1.53 bits per heavy atom. The third-order valence-corrected chi connectivity index (χ3v) is 3.39. The minimum absolute atomic E-state index is 0.0873. The highest BCUT2D eigenvalue weighted by atomic mass is 32.1. The Bertz CT molecular complexity index is 681. The first-order valence-corrected chi connectivity index (χ1v) is 6.61. The fourth-order valence-corrected chi connectivity index (χ4v) is 2.41. The van der Waals surface area contributed by atoms with Gasteiger partial charge in [-0.3, -0.25) is 15.0 Å². The number of aromatic amines is 2. The van der Waals surface area contributed by atoms with Crippen LogP contribution in [0.5, 0.6) is 0 Å². The second-order valence-electron chi connectivity index (χ2n) is 4.53. The van der Waals surface area contributed by atoms with Crippen LogP contribution >= 0.6 is 12.2 Å². The van der Waals surface area contributed by atoms with Gasteiger partial charge < -0.3 is 9.30 Å². The molecule has 0 spiro atoms. The lowest BCUT2D eigenvalue weighted by atomic mass is 10.2. The molecule has 6 nitrogen and oxygen atoms in total. The molecule has 0 aromatic carbocycles. The maximum atomic E-state index is 12.4. The van der Waals surface area contributed by atoms with Crippen molar-refractivity contribution in [1.82, 2.24) is 19.7 Å². The van der Waals surface area contributed by atoms with E-state index in [1.807, 2.05) is 6.07 Å². The van der Waals surface area contributed by atoms with Crippen molar-refractivity contribution in [3.8, 4) is 11.4 Å². The van der Waals surface area contributed by atoms with Gasteiger partial charge in [-0.1, -0.05) is 0 Å². The lowest BCUT2D eigenvalue weighted by Gasteiger charge is -2.12. The van der Waals surface area contributed by atoms with Crippen molar-refractivity contribution in [2.75, 3.05) is 6.61 Å². The fraction of sp³-hybridized carbons (Fsp3) is 0.417. The molecule has 1 unspecified atom stereocenters. The summed E-state index contributed by atoms with van der Waals surface area (Å²) in [5.74, 6) is 0.469. The molecule has 2 aromatic rings. The molecule has 0 bridgehead atoms. The van der Waals surface area contributed by atoms with E-state index in [1.54, 1.807) is 16.8 Å². The van der Waals surface area contributed by atoms with E-state index in [0.29, 0.717) is 22.7 Å². The van der Waals surface area contributed by atoms with Crippen molar-refractivity contribution in [2.45, 2.75) is 25.5 Å². The van der Waals surface area contributed by atoms with Crippen LogP contribution in [0.1, 0.15) is 12.8 Å². The zero-order valence-electron chi connectivity index (χ0n) is 10.3. The quantitative estimate of drug-likeness (QED) is 0.834. The van der Waals surface area contributed by atoms with Gasteiger partial charge in [-0.25, -0.2) is 0 Å². The lowest BCUT2D eigenvalue weighted by molar-refractivity contribution is 0.0962. The molecule has 0 amide bonds. The van der Waals surface area contributed by atoms with Crippen LogP contribution in [0, 0.1) is 4.77 Å². The summed E-state index contributed by atoms with van der Waals surface area (Å²) in [4.78, 5) is 16.4. The van der Waals surface area contributed by atoms with Gasteiger partial charge >= 0.3 is 0 Å². The fourth-order valence-electron chi connectivity index (χ4n) is 2.27. The summed E-state index contributed by atoms with van der Waals surface area (Å²) in [6.07, 6.45) is 3.97. The first kappa shape index (κ1) is 12.3. The van der Waals surface area contributed by atoms with Crippen LogP contribution in [-0.2, 0) is 11.3 Å². The first-order valence-electron chi connectivity index (χ1n) is 6.20. The number of H-pyrrole nitrogens is 2. The van der Waals surface area contributed by atoms with Crippen molar-refractivity contribution >= 4 is 12.2 Å². The molecule has 100 valence electrons. The van der Waals surface area contributed by atoms with Crippen molar-refractivity contribution in [3.63, 3.8) is 0 Å². The number of pyridine rings is 1. The van der Waals surface area contributed by atoms with Crippen LogP contribution in [0.4, 0.5) is 0 Å². The molecule has 1 aliphatic rings. The van der Waals surface area contributed by atoms with Crippen molar-refractivity contribution in [3.05, 3.63) is 33.5 Å². The van der Waals surface area contributed by atoms with E-state index < -0.39 is 0 Å². The van der Waals surface area contributed by atoms with E-state index in [-0.39, 0.29) is 11.7 Å². The second-order valence-corrected chi connectivity index (χ2v) is 4.92. The largest absolute Gasteiger partial charge is 0.376 e. The topological polar surface area (TPSA) is 75.7 Å². The van der Waals surface area contributed by atoms with Gasteiger partial charge in [0.05, 0.1) is 18.2 Å². The molecule has 0 radical (unpaired) electrons. The molecule has 0 aliphatic carbocycles. The predicted octanol–water partition coefficient (Wildman–Crippen LogP) is 1.47. The second kappa shape index (κ2) is 5.10. The summed E-state index contributed by atoms with van der Waals surface area (Å²) >= 11 is 4.90. The van der Waals surface area contributed by atoms with Crippen LogP contribution in [0.15, 0.2) is 23.1 Å². The van der Waals surface area contributed by atoms with Gasteiger partial charge in [-0.05, 0) is 37.2 Å². The molecule has 2 N–H and O–H groups in total. The smallest absolute Gasteiger partial charge is 0.261 e. The molecule has 2 aromatic heterocycles. The maximum Gasteiger partial charge on any atom is 0.261 e. The molecule has 3 rings (SSSR count). The van der Waals surface area contributed by atoms with Gasteiger partial charge in [0.1, 0.15) is 0 Å². The van der Waals surface area contributed by atoms with Gasteiger partial charge in [-0.2, -0.15) is 4.98 Å². The normalized spacial score (nSPS) is 18.8. The standard InChI is InChI=1S/C12H14N4O2S/c17-11-9(10-13-12(19)15-14-10)4-1-5-16(11)7-8-3-2-6-18-8/h1,4-5,8H,2-3,6-7H2,(H2,13,14,15,19). The highest BCUT2D eigenvalue weighted by molar-refractivity contribution is 7.71. The molecule has 19 heavy (non-hydrogen) atoms. The third kappa shape index (κ3) is 2.52. The number of ether oxygens (including phenoxy) is 1. The van der Waals surface area contributed by atoms with Crippen molar-refractivity contribution in [2.24, 2.45) is 0 Å². The number of nitrogens with zero attached hydrogens (tertiary/aromatic N) is 2. The van der Waals surface area contributed by atoms with Gasteiger partial charge in [0.15, 0.2) is 5.82 Å². The minimum Gasteiger partial charge on any atom is -0.376 e. The molecular weight excluding hydrogens is 264 g/mol. The summed E-state index contributed by atoms with van der Waals surface area (Å²) in [6.45, 7) is 1.36. The summed E-state index contributed by atoms with van der Waals surface area (Å²) in [6, 6.07) is 3.56. The first-order chi connectivity index (χ1) is 9.24. The van der Waals surface area contributed by atoms with E-state index in [2.05, 4.69) is 15.2 Å². The highest BCUT2D eigenvalue weighted by Crippen LogP contribution is 2.14. The molecule has 0 saturated carbocycles. The van der Waals surface area contributed by atoms with E-state index in [1.165, 1.54) is 0 Å². The molecule has 1 atom stereocenters. The zero-order chi connectivity index (χ0) is 13.2. The van der Waals surface area contributed by atoms with Crippen LogP contribution in [-0.4, -0.2) is 32.5 Å². The average molecular weight is 278 g/mol. The lowest BCUT2D eigenvalue weighted by Crippen LogP contribution is -2.26. The van der Waals surface area contributed by atoms with Crippen molar-refractivity contribution in [1.29, 1.82) is 0 Å². The van der Waals surface area contributed by atoms with E-state index >= 15 is 0 Å². The third-order valence-electron chi connectivity index (χ3n) is 3.20. The van der Waals surface area contributed by atoms with Crippen LogP contribution in [0.3, 0.4) is 0 Å². The average Bonchev–Trinajstić information content (AvgIpc) is 3.03. The van der Waals surface area contributed by atoms with Gasteiger partial charge in [0.2, 0.25) is 4.77 Å². The Balaban J connectivity index is 1.94. The Morgan fingerprint density at radius 2 is 2.42 bits per heavy atom. The monoisotopic (exact) mass is 278 g/mol. The Hall–Kier alpha value is -1.73. The van der Waals surface area contributed by atoms with Gasteiger partial charge in [0, 0.05) is 12.8 Å². The number of nitrogens with one attached hydrogen (secondary N) is 2. The van der Waals surface area contributed by atoms with Crippen LogP contribution in [0.2, 0.25) is 0 Å². The Morgan fingerprint density at radius 3 is 3.11 bits per heavy atom. The van der Waals surface area contributed by atoms with Crippen LogP contribution in [0.25, 0.3) is 11.4 Å². The summed E-state index contributed by atoms with van der Waals surface area (Å²) in [7, 11) is 0. The molecule has 3 heterocycles. The number of hydrogen-bond donors (Lipinski definition) is 2. The number of rotatable bonds is 3. The SMILES string of the molecule is O=c1c(-c2nc(=S)[nH][nH]2)cccn1CC1CCCO1. The highest BCUT2D eigenvalue weighted by Gasteiger charge is 2.17. The maximum absolute atomic E-state index is 12.4. The van der Waals surface area contributed by atoms with Crippen LogP contribution < -0.4 is 5.56 Å². The Kier molecular flexibility index (Phi) is 3.31. The summed E-state index contributed by atoms with van der Waals surface area (Å²) in [5, 5.41) is 5.49. The Labute approximate surface area is 114 Å². The zero-order valence-corrected chi connectivity index (χ0v) is 11.1. The summed E-state index contributed by atoms with van der Waals surface area (Å²) in [5.41, 5.74) is 0.420.